The summed E-state index contributed by atoms with van der Waals surface area (Å²) in [6.07, 6.45) is 0. The highest BCUT2D eigenvalue weighted by atomic mass is 19.1. The molecule has 0 fully saturated rings. The Morgan fingerprint density at radius 1 is 1.65 bits per heavy atom. The van der Waals surface area contributed by atoms with Gasteiger partial charge in [0, 0.05) is 6.07 Å². The van der Waals surface area contributed by atoms with E-state index in [-0.39, 0.29) is 5.56 Å². The number of hydrogen-bond acceptors (Lipinski definition) is 4. The molecule has 6 nitrogen and oxygen atoms in total. The normalized spacial score (nSPS) is 13.5. The fourth-order valence-corrected chi connectivity index (χ4v) is 1.20. The minimum atomic E-state index is -1.93. The first-order valence-corrected chi connectivity index (χ1v) is 4.42. The maximum Gasteiger partial charge on any atom is 0.328 e. The molecule has 0 saturated carbocycles. The van der Waals surface area contributed by atoms with Crippen LogP contribution in [0.25, 0.3) is 0 Å². The minimum Gasteiger partial charge on any atom is -0.480 e. The molecule has 1 aromatic carbocycles. The van der Waals surface area contributed by atoms with Crippen LogP contribution in [0.1, 0.15) is 12.5 Å². The summed E-state index contributed by atoms with van der Waals surface area (Å²) in [5, 5.41) is 28.0. The molecule has 1 unspecified atom stereocenters. The Kier molecular flexibility index (Phi) is 3.09. The van der Waals surface area contributed by atoms with Gasteiger partial charge in [-0.25, -0.2) is 0 Å². The summed E-state index contributed by atoms with van der Waals surface area (Å²) in [6, 6.07) is 4.11. The van der Waals surface area contributed by atoms with Gasteiger partial charge in [0.1, 0.15) is 0 Å². The summed E-state index contributed by atoms with van der Waals surface area (Å²) < 4.78 is 13.3. The van der Waals surface area contributed by atoms with Gasteiger partial charge >= 0.3 is 11.7 Å². The monoisotopic (exact) mass is 238 g/mol. The Hall–Kier alpha value is -2.49. The summed E-state index contributed by atoms with van der Waals surface area (Å²) in [5.74, 6) is -2.62. The number of nitro groups is 1. The molecule has 0 bridgehead atoms. The van der Waals surface area contributed by atoms with Crippen molar-refractivity contribution >= 4 is 11.7 Å². The van der Waals surface area contributed by atoms with E-state index in [2.05, 4.69) is 0 Å². The Labute approximate surface area is 95.1 Å². The van der Waals surface area contributed by atoms with E-state index in [0.717, 1.165) is 19.1 Å². The average molecular weight is 238 g/mol. The van der Waals surface area contributed by atoms with Crippen molar-refractivity contribution in [3.8, 4) is 6.07 Å². The Morgan fingerprint density at radius 3 is 2.59 bits per heavy atom. The highest BCUT2D eigenvalue weighted by molar-refractivity contribution is 5.84. The first-order valence-electron chi connectivity index (χ1n) is 4.42. The van der Waals surface area contributed by atoms with Crippen LogP contribution in [0.15, 0.2) is 18.2 Å². The number of rotatable bonds is 3. The van der Waals surface area contributed by atoms with Crippen molar-refractivity contribution in [3.05, 3.63) is 39.7 Å². The minimum absolute atomic E-state index is 0.143. The van der Waals surface area contributed by atoms with Crippen molar-refractivity contribution in [1.29, 1.82) is 5.26 Å². The number of nitro benzene ring substituents is 1. The van der Waals surface area contributed by atoms with Crippen LogP contribution in [0.4, 0.5) is 10.1 Å². The molecule has 7 heteroatoms. The maximum absolute atomic E-state index is 13.3. The van der Waals surface area contributed by atoms with Crippen molar-refractivity contribution in [2.24, 2.45) is 0 Å². The molecule has 0 aliphatic rings. The van der Waals surface area contributed by atoms with Gasteiger partial charge in [0.25, 0.3) is 0 Å². The number of carbonyl (C=O) groups is 1. The number of nitriles is 1. The Morgan fingerprint density at radius 2 is 2.24 bits per heavy atom. The summed E-state index contributed by atoms with van der Waals surface area (Å²) in [5.41, 5.74) is -2.84. The molecule has 0 heterocycles. The lowest BCUT2D eigenvalue weighted by Gasteiger charge is -2.16. The number of benzene rings is 1. The molecule has 1 N–H and O–H groups in total. The molecule has 0 aliphatic carbocycles. The predicted molar refractivity (Wildman–Crippen MR) is 53.7 cm³/mol. The molecule has 0 amide bonds. The Balaban J connectivity index is 3.37. The highest BCUT2D eigenvalue weighted by Crippen LogP contribution is 2.27. The lowest BCUT2D eigenvalue weighted by molar-refractivity contribution is -0.387. The zero-order chi connectivity index (χ0) is 13.2. The number of carboxylic acids is 1. The molecular formula is C10H7FN2O4. The topological polar surface area (TPSA) is 104 Å². The van der Waals surface area contributed by atoms with Gasteiger partial charge in [0.05, 0.1) is 11.0 Å². The average Bonchev–Trinajstić information content (AvgIpc) is 2.26. The van der Waals surface area contributed by atoms with Crippen molar-refractivity contribution in [2.75, 3.05) is 0 Å². The summed E-state index contributed by atoms with van der Waals surface area (Å²) in [6.45, 7) is 1.09. The van der Waals surface area contributed by atoms with Crippen molar-refractivity contribution in [3.63, 3.8) is 0 Å². The van der Waals surface area contributed by atoms with Crippen LogP contribution in [0.2, 0.25) is 0 Å². The van der Waals surface area contributed by atoms with E-state index >= 15 is 0 Å². The SMILES string of the molecule is CC(C#N)(C(=O)O)c1ccc([N+](=O)[O-])c(F)c1. The molecular weight excluding hydrogens is 231 g/mol. The van der Waals surface area contributed by atoms with E-state index in [1.807, 2.05) is 0 Å². The molecule has 17 heavy (non-hydrogen) atoms. The molecule has 0 aliphatic heterocycles. The molecule has 0 saturated heterocycles. The summed E-state index contributed by atoms with van der Waals surface area (Å²) in [7, 11) is 0. The van der Waals surface area contributed by atoms with Crippen LogP contribution in [-0.2, 0) is 10.2 Å². The van der Waals surface area contributed by atoms with Gasteiger partial charge in [0.15, 0.2) is 5.41 Å². The van der Waals surface area contributed by atoms with Gasteiger partial charge in [-0.05, 0) is 24.6 Å². The van der Waals surface area contributed by atoms with E-state index in [4.69, 9.17) is 10.4 Å². The van der Waals surface area contributed by atoms with E-state index in [1.54, 1.807) is 0 Å². The second-order valence-corrected chi connectivity index (χ2v) is 3.47. The molecule has 1 aromatic rings. The number of aliphatic carboxylic acids is 1. The van der Waals surface area contributed by atoms with Gasteiger partial charge in [0.2, 0.25) is 5.82 Å². The quantitative estimate of drug-likeness (QED) is 0.636. The van der Waals surface area contributed by atoms with E-state index in [9.17, 15) is 19.3 Å². The maximum atomic E-state index is 13.3. The van der Waals surface area contributed by atoms with Gasteiger partial charge in [-0.3, -0.25) is 14.9 Å². The fraction of sp³-hybridized carbons (Fsp3) is 0.200. The molecule has 0 aromatic heterocycles. The predicted octanol–water partition coefficient (Wildman–Crippen LogP) is 1.60. The van der Waals surface area contributed by atoms with Crippen molar-refractivity contribution in [1.82, 2.24) is 0 Å². The first kappa shape index (κ1) is 12.6. The molecule has 0 radical (unpaired) electrons. The Bertz CT molecular complexity index is 538. The molecule has 0 spiro atoms. The van der Waals surface area contributed by atoms with Gasteiger partial charge in [-0.15, -0.1) is 0 Å². The van der Waals surface area contributed by atoms with E-state index in [0.29, 0.717) is 6.07 Å². The van der Waals surface area contributed by atoms with Crippen LogP contribution in [0.3, 0.4) is 0 Å². The second-order valence-electron chi connectivity index (χ2n) is 3.47. The molecule has 88 valence electrons. The number of halogens is 1. The van der Waals surface area contributed by atoms with E-state index in [1.165, 1.54) is 6.07 Å². The number of nitrogens with zero attached hydrogens (tertiary/aromatic N) is 2. The highest BCUT2D eigenvalue weighted by Gasteiger charge is 2.36. The standard InChI is InChI=1S/C10H7FN2O4/c1-10(5-12,9(14)15)6-2-3-8(13(16)17)7(11)4-6/h2-4H,1H3,(H,14,15). The van der Waals surface area contributed by atoms with Crippen LogP contribution >= 0.6 is 0 Å². The lowest BCUT2D eigenvalue weighted by Crippen LogP contribution is -2.30. The summed E-state index contributed by atoms with van der Waals surface area (Å²) in [4.78, 5) is 20.3. The van der Waals surface area contributed by atoms with Crippen LogP contribution in [-0.4, -0.2) is 16.0 Å². The second kappa shape index (κ2) is 4.17. The largest absolute Gasteiger partial charge is 0.480 e. The zero-order valence-corrected chi connectivity index (χ0v) is 8.68. The van der Waals surface area contributed by atoms with Gasteiger partial charge in [-0.1, -0.05) is 0 Å². The van der Waals surface area contributed by atoms with Crippen LogP contribution < -0.4 is 0 Å². The number of hydrogen-bond donors (Lipinski definition) is 1. The third-order valence-electron chi connectivity index (χ3n) is 2.37. The third-order valence-corrected chi connectivity index (χ3v) is 2.37. The zero-order valence-electron chi connectivity index (χ0n) is 8.68. The smallest absolute Gasteiger partial charge is 0.328 e. The van der Waals surface area contributed by atoms with Crippen LogP contribution in [0.5, 0.6) is 0 Å². The van der Waals surface area contributed by atoms with Crippen molar-refractivity contribution in [2.45, 2.75) is 12.3 Å². The molecule has 1 atom stereocenters. The van der Waals surface area contributed by atoms with Gasteiger partial charge < -0.3 is 5.11 Å². The van der Waals surface area contributed by atoms with E-state index < -0.39 is 27.8 Å². The third kappa shape index (κ3) is 2.06. The van der Waals surface area contributed by atoms with Crippen LogP contribution in [0, 0.1) is 27.3 Å². The molecule has 1 rings (SSSR count). The fourth-order valence-electron chi connectivity index (χ4n) is 1.20. The summed E-state index contributed by atoms with van der Waals surface area (Å²) >= 11 is 0. The van der Waals surface area contributed by atoms with Crippen molar-refractivity contribution < 1.29 is 19.2 Å². The first-order chi connectivity index (χ1) is 7.82. The number of carboxylic acid groups (broad SMARTS) is 1. The van der Waals surface area contributed by atoms with Gasteiger partial charge in [-0.2, -0.15) is 9.65 Å². The lowest BCUT2D eigenvalue weighted by atomic mass is 9.84.